The number of anilines is 1. The maximum absolute atomic E-state index is 12.1. The van der Waals surface area contributed by atoms with E-state index >= 15 is 0 Å². The summed E-state index contributed by atoms with van der Waals surface area (Å²) in [5.41, 5.74) is 2.09. The van der Waals surface area contributed by atoms with Gasteiger partial charge >= 0.3 is 0 Å². The molecule has 6 nitrogen and oxygen atoms in total. The quantitative estimate of drug-likeness (QED) is 0.626. The number of hydrogen-bond donors (Lipinski definition) is 3. The fraction of sp³-hybridized carbons (Fsp3) is 0.286. The SMILES string of the molecule is O=C(Cc1ccccc1)Nc1ccc(C(=O)NCCNC(=O)C2CC2)cc1. The van der Waals surface area contributed by atoms with Crippen LogP contribution in [0.1, 0.15) is 28.8 Å². The molecular weight excluding hydrogens is 342 g/mol. The summed E-state index contributed by atoms with van der Waals surface area (Å²) in [6, 6.07) is 16.2. The standard InChI is InChI=1S/C21H23N3O3/c25-19(14-15-4-2-1-3-5-15)24-18-10-8-17(9-11-18)21(27)23-13-12-22-20(26)16-6-7-16/h1-5,8-11,16H,6-7,12-14H2,(H,22,26)(H,23,27)(H,24,25). The Hall–Kier alpha value is -3.15. The van der Waals surface area contributed by atoms with E-state index in [0.29, 0.717) is 30.8 Å². The van der Waals surface area contributed by atoms with E-state index in [1.807, 2.05) is 30.3 Å². The average molecular weight is 365 g/mol. The molecule has 6 heteroatoms. The summed E-state index contributed by atoms with van der Waals surface area (Å²) >= 11 is 0. The molecule has 0 spiro atoms. The van der Waals surface area contributed by atoms with Crippen LogP contribution in [0.5, 0.6) is 0 Å². The lowest BCUT2D eigenvalue weighted by atomic mass is 10.1. The maximum atomic E-state index is 12.1. The molecule has 3 N–H and O–H groups in total. The zero-order valence-corrected chi connectivity index (χ0v) is 15.0. The van der Waals surface area contributed by atoms with E-state index in [1.54, 1.807) is 24.3 Å². The van der Waals surface area contributed by atoms with E-state index in [-0.39, 0.29) is 23.6 Å². The molecule has 140 valence electrons. The van der Waals surface area contributed by atoms with Gasteiger partial charge in [0.15, 0.2) is 0 Å². The van der Waals surface area contributed by atoms with Gasteiger partial charge in [-0.1, -0.05) is 30.3 Å². The van der Waals surface area contributed by atoms with Crippen LogP contribution in [0.4, 0.5) is 5.69 Å². The Bertz CT molecular complexity index is 799. The Labute approximate surface area is 158 Å². The molecule has 0 atom stereocenters. The molecule has 27 heavy (non-hydrogen) atoms. The zero-order valence-electron chi connectivity index (χ0n) is 15.0. The summed E-state index contributed by atoms with van der Waals surface area (Å²) in [5, 5.41) is 8.39. The molecule has 1 saturated carbocycles. The van der Waals surface area contributed by atoms with Gasteiger partial charge in [0.2, 0.25) is 11.8 Å². The molecule has 2 aromatic carbocycles. The predicted molar refractivity (Wildman–Crippen MR) is 103 cm³/mol. The molecule has 1 aliphatic carbocycles. The third kappa shape index (κ3) is 5.95. The van der Waals surface area contributed by atoms with E-state index in [9.17, 15) is 14.4 Å². The molecule has 0 heterocycles. The highest BCUT2D eigenvalue weighted by Crippen LogP contribution is 2.28. The molecule has 1 fully saturated rings. The Morgan fingerprint density at radius 2 is 1.52 bits per heavy atom. The van der Waals surface area contributed by atoms with Gasteiger partial charge in [-0.15, -0.1) is 0 Å². The molecule has 0 unspecified atom stereocenters. The van der Waals surface area contributed by atoms with E-state index < -0.39 is 0 Å². The van der Waals surface area contributed by atoms with Crippen molar-refractivity contribution in [3.63, 3.8) is 0 Å². The highest BCUT2D eigenvalue weighted by molar-refractivity contribution is 5.96. The lowest BCUT2D eigenvalue weighted by Crippen LogP contribution is -2.35. The molecule has 0 saturated heterocycles. The maximum Gasteiger partial charge on any atom is 0.251 e. The fourth-order valence-electron chi connectivity index (χ4n) is 2.65. The Balaban J connectivity index is 1.41. The molecule has 0 aliphatic heterocycles. The third-order valence-corrected chi connectivity index (χ3v) is 4.30. The van der Waals surface area contributed by atoms with Gasteiger partial charge in [0, 0.05) is 30.3 Å². The molecule has 3 amide bonds. The average Bonchev–Trinajstić information content (AvgIpc) is 3.51. The van der Waals surface area contributed by atoms with Crippen molar-refractivity contribution in [3.8, 4) is 0 Å². The summed E-state index contributed by atoms with van der Waals surface area (Å²) < 4.78 is 0. The van der Waals surface area contributed by atoms with Gasteiger partial charge in [-0.2, -0.15) is 0 Å². The van der Waals surface area contributed by atoms with Gasteiger partial charge < -0.3 is 16.0 Å². The van der Waals surface area contributed by atoms with Crippen LogP contribution in [0.25, 0.3) is 0 Å². The van der Waals surface area contributed by atoms with Gasteiger partial charge in [0.05, 0.1) is 6.42 Å². The molecular formula is C21H23N3O3. The van der Waals surface area contributed by atoms with E-state index in [0.717, 1.165) is 18.4 Å². The first kappa shape index (κ1) is 18.6. The van der Waals surface area contributed by atoms with Gasteiger partial charge in [-0.25, -0.2) is 0 Å². The van der Waals surface area contributed by atoms with Crippen LogP contribution in [0, 0.1) is 5.92 Å². The second kappa shape index (κ2) is 8.98. The van der Waals surface area contributed by atoms with Crippen LogP contribution in [-0.2, 0) is 16.0 Å². The number of rotatable bonds is 8. The lowest BCUT2D eigenvalue weighted by Gasteiger charge is -2.08. The van der Waals surface area contributed by atoms with Crippen molar-refractivity contribution in [1.29, 1.82) is 0 Å². The van der Waals surface area contributed by atoms with Crippen molar-refractivity contribution in [2.45, 2.75) is 19.3 Å². The van der Waals surface area contributed by atoms with Gasteiger partial charge in [0.25, 0.3) is 5.91 Å². The minimum Gasteiger partial charge on any atom is -0.354 e. The molecule has 2 aromatic rings. The number of carbonyl (C=O) groups excluding carboxylic acids is 3. The summed E-state index contributed by atoms with van der Waals surface area (Å²) in [6.07, 6.45) is 2.23. The zero-order chi connectivity index (χ0) is 19.1. The smallest absolute Gasteiger partial charge is 0.251 e. The van der Waals surface area contributed by atoms with E-state index in [2.05, 4.69) is 16.0 Å². The largest absolute Gasteiger partial charge is 0.354 e. The van der Waals surface area contributed by atoms with Crippen LogP contribution >= 0.6 is 0 Å². The number of nitrogens with one attached hydrogen (secondary N) is 3. The minimum absolute atomic E-state index is 0.0693. The topological polar surface area (TPSA) is 87.3 Å². The second-order valence-corrected chi connectivity index (χ2v) is 6.61. The third-order valence-electron chi connectivity index (χ3n) is 4.30. The summed E-state index contributed by atoms with van der Waals surface area (Å²) in [7, 11) is 0. The predicted octanol–water partition coefficient (Wildman–Crippen LogP) is 2.12. The highest BCUT2D eigenvalue weighted by atomic mass is 16.2. The molecule has 3 rings (SSSR count). The van der Waals surface area contributed by atoms with Crippen LogP contribution < -0.4 is 16.0 Å². The lowest BCUT2D eigenvalue weighted by molar-refractivity contribution is -0.122. The van der Waals surface area contributed by atoms with Crippen molar-refractivity contribution in [1.82, 2.24) is 10.6 Å². The molecule has 0 bridgehead atoms. The van der Waals surface area contributed by atoms with Crippen LogP contribution in [0.15, 0.2) is 54.6 Å². The Kier molecular flexibility index (Phi) is 6.20. The van der Waals surface area contributed by atoms with Crippen LogP contribution in [0.3, 0.4) is 0 Å². The number of carbonyl (C=O) groups is 3. The van der Waals surface area contributed by atoms with E-state index in [4.69, 9.17) is 0 Å². The number of hydrogen-bond acceptors (Lipinski definition) is 3. The Morgan fingerprint density at radius 3 is 2.19 bits per heavy atom. The van der Waals surface area contributed by atoms with Crippen molar-refractivity contribution >= 4 is 23.4 Å². The summed E-state index contributed by atoms with van der Waals surface area (Å²) in [6.45, 7) is 0.807. The van der Waals surface area contributed by atoms with Crippen molar-refractivity contribution in [2.75, 3.05) is 18.4 Å². The van der Waals surface area contributed by atoms with Gasteiger partial charge in [-0.3, -0.25) is 14.4 Å². The first-order valence-electron chi connectivity index (χ1n) is 9.11. The molecule has 1 aliphatic rings. The number of benzene rings is 2. The fourth-order valence-corrected chi connectivity index (χ4v) is 2.65. The van der Waals surface area contributed by atoms with Crippen molar-refractivity contribution in [3.05, 3.63) is 65.7 Å². The minimum atomic E-state index is -0.210. The van der Waals surface area contributed by atoms with E-state index in [1.165, 1.54) is 0 Å². The van der Waals surface area contributed by atoms with Gasteiger partial charge in [0.1, 0.15) is 0 Å². The summed E-state index contributed by atoms with van der Waals surface area (Å²) in [5.74, 6) is -0.0761. The Morgan fingerprint density at radius 1 is 0.852 bits per heavy atom. The molecule has 0 aromatic heterocycles. The van der Waals surface area contributed by atoms with Gasteiger partial charge in [-0.05, 0) is 42.7 Å². The normalized spacial score (nSPS) is 12.9. The monoisotopic (exact) mass is 365 g/mol. The van der Waals surface area contributed by atoms with Crippen molar-refractivity contribution in [2.24, 2.45) is 5.92 Å². The first-order valence-corrected chi connectivity index (χ1v) is 9.11. The first-order chi connectivity index (χ1) is 13.1. The van der Waals surface area contributed by atoms with Crippen molar-refractivity contribution < 1.29 is 14.4 Å². The molecule has 0 radical (unpaired) electrons. The number of amides is 3. The van der Waals surface area contributed by atoms with Crippen LogP contribution in [0.2, 0.25) is 0 Å². The summed E-state index contributed by atoms with van der Waals surface area (Å²) in [4.78, 5) is 35.7. The van der Waals surface area contributed by atoms with Crippen LogP contribution in [-0.4, -0.2) is 30.8 Å². The highest BCUT2D eigenvalue weighted by Gasteiger charge is 2.28. The second-order valence-electron chi connectivity index (χ2n) is 6.61.